The lowest BCUT2D eigenvalue weighted by Crippen LogP contribution is -2.28. The Morgan fingerprint density at radius 1 is 0.358 bits per heavy atom. The lowest BCUT2D eigenvalue weighted by molar-refractivity contribution is 0.669. The van der Waals surface area contributed by atoms with Crippen molar-refractivity contribution in [3.63, 3.8) is 0 Å². The van der Waals surface area contributed by atoms with Crippen LogP contribution in [0.15, 0.2) is 264 Å². The Hall–Kier alpha value is -8.72. The van der Waals surface area contributed by atoms with Crippen LogP contribution in [0.2, 0.25) is 0 Å². The number of anilines is 3. The van der Waals surface area contributed by atoms with Gasteiger partial charge in [0.05, 0.1) is 70.0 Å². The Bertz CT molecular complexity index is 6180. The van der Waals surface area contributed by atoms with E-state index in [2.05, 4.69) is 0 Å². The molecule has 314 valence electrons. The predicted octanol–water partition coefficient (Wildman–Crippen LogP) is 17.6. The molecule has 1 aliphatic carbocycles. The summed E-state index contributed by atoms with van der Waals surface area (Å²) in [5, 5.41) is -3.45. The molecule has 2 heteroatoms. The van der Waals surface area contributed by atoms with E-state index >= 15 is 0 Å². The molecule has 67 heavy (non-hydrogen) atoms. The number of nitrogens with zero attached hydrogens (tertiary/aromatic N) is 1. The monoisotopic (exact) mass is 897 g/mol. The molecule has 0 radical (unpaired) electrons. The molecule has 0 fully saturated rings. The van der Waals surface area contributed by atoms with Gasteiger partial charge in [0, 0.05) is 22.1 Å². The highest BCUT2D eigenvalue weighted by atomic mass is 16.3. The van der Waals surface area contributed by atoms with Crippen molar-refractivity contribution in [3.05, 3.63) is 282 Å². The van der Waals surface area contributed by atoms with Crippen LogP contribution in [0.5, 0.6) is 0 Å². The van der Waals surface area contributed by atoms with Gasteiger partial charge in [-0.15, -0.1) is 0 Å². The van der Waals surface area contributed by atoms with Gasteiger partial charge in [-0.05, 0) is 114 Å². The van der Waals surface area contributed by atoms with Gasteiger partial charge < -0.3 is 9.32 Å². The average Bonchev–Trinajstić information content (AvgIpc) is 1.48. The van der Waals surface area contributed by atoms with Gasteiger partial charge in [0.15, 0.2) is 5.58 Å². The Morgan fingerprint density at radius 2 is 0.910 bits per heavy atom. The third-order valence-electron chi connectivity index (χ3n) is 10.8. The molecule has 0 atom stereocenters. The van der Waals surface area contributed by atoms with Crippen molar-refractivity contribution < 1.29 is 63.4 Å². The lowest BCUT2D eigenvalue weighted by atomic mass is 9.67. The van der Waals surface area contributed by atoms with Gasteiger partial charge in [0.2, 0.25) is 0 Å². The SMILES string of the molecule is [2H]c1c([2H])c([2H])c(-c2c([2H])c([2H])c(-c3c(-c4c([2H])c([2H])c(N(c5c([2H])c([2H])c6c(c5[2H])C(c5c([2H])c([2H])c([2H])c([2H])c5[2H])(c5c([2H])c([2H])c([2H])c([2H])c5[2H])c5c([2H])c([2H])c([2H])c([2H])c5-6)c5c([2H])c([2H])c([2H])c6c5oc5c([2H])c([2H])c([2H])c([2H])c56)c([2H])c4[2H])c([2H])c([2H])c4c([2H])c([2H])c([2H])c([2H])c34)c([2H])c2[2H])c([2H])c1[2H]. The van der Waals surface area contributed by atoms with Crippen LogP contribution in [-0.4, -0.2) is 0 Å². The summed E-state index contributed by atoms with van der Waals surface area (Å²) in [7, 11) is 0. The van der Waals surface area contributed by atoms with Crippen molar-refractivity contribution in [2.24, 2.45) is 0 Å². The van der Waals surface area contributed by atoms with E-state index in [-0.39, 0.29) is 4.90 Å². The molecule has 0 bridgehead atoms. The van der Waals surface area contributed by atoms with Crippen LogP contribution >= 0.6 is 0 Å². The first-order chi connectivity index (χ1) is 51.1. The van der Waals surface area contributed by atoms with Crippen LogP contribution in [0.1, 0.15) is 81.2 Å². The molecule has 2 nitrogen and oxygen atoms in total. The van der Waals surface area contributed by atoms with Gasteiger partial charge in [0.25, 0.3) is 0 Å². The lowest BCUT2D eigenvalue weighted by Gasteiger charge is -2.35. The first-order valence-corrected chi connectivity index (χ1v) is 19.6. The Labute approximate surface area is 450 Å². The van der Waals surface area contributed by atoms with Gasteiger partial charge in [0.1, 0.15) is 5.58 Å². The zero-order valence-electron chi connectivity index (χ0n) is 76.4. The number of hydrogen-bond acceptors (Lipinski definition) is 2. The van der Waals surface area contributed by atoms with Crippen LogP contribution in [-0.2, 0) is 5.41 Å². The minimum absolute atomic E-state index is 0.191. The molecule has 0 spiro atoms. The molecule has 13 rings (SSSR count). The van der Waals surface area contributed by atoms with E-state index in [4.69, 9.17) is 31.8 Å². The number of benzene rings is 11. The van der Waals surface area contributed by atoms with Gasteiger partial charge in [-0.25, -0.2) is 0 Å². The van der Waals surface area contributed by atoms with Crippen LogP contribution in [0.4, 0.5) is 17.1 Å². The molecule has 1 aliphatic rings. The number of para-hydroxylation sites is 2. The zero-order valence-corrected chi connectivity index (χ0v) is 33.4. The molecule has 0 amide bonds. The molecular formula is C65H43NO. The predicted molar refractivity (Wildman–Crippen MR) is 280 cm³/mol. The molecule has 0 saturated heterocycles. The second-order valence-corrected chi connectivity index (χ2v) is 14.3. The van der Waals surface area contributed by atoms with E-state index in [0.717, 1.165) is 0 Å². The molecule has 0 unspecified atom stereocenters. The third-order valence-corrected chi connectivity index (χ3v) is 10.8. The van der Waals surface area contributed by atoms with Crippen LogP contribution in [0.3, 0.4) is 0 Å². The fourth-order valence-corrected chi connectivity index (χ4v) is 8.02. The van der Waals surface area contributed by atoms with E-state index < -0.39 is 382 Å². The average molecular weight is 897 g/mol. The summed E-state index contributed by atoms with van der Waals surface area (Å²) in [4.78, 5) is 0.191. The smallest absolute Gasteiger partial charge is 0.159 e. The maximum atomic E-state index is 10.9. The van der Waals surface area contributed by atoms with Gasteiger partial charge in [-0.2, -0.15) is 0 Å². The molecular weight excluding hydrogens is 811 g/mol. The third kappa shape index (κ3) is 6.18. The number of furan rings is 1. The highest BCUT2D eigenvalue weighted by molar-refractivity contribution is 6.10. The molecule has 12 aromatic rings. The number of hydrogen-bond donors (Lipinski definition) is 0. The molecule has 0 aliphatic heterocycles. The summed E-state index contributed by atoms with van der Waals surface area (Å²) in [6.07, 6.45) is 0. The first-order valence-electron chi connectivity index (χ1n) is 41.1. The quantitative estimate of drug-likeness (QED) is 0.151. The number of rotatable bonds is 8. The largest absolute Gasteiger partial charge is 0.454 e. The molecule has 0 saturated carbocycles. The van der Waals surface area contributed by atoms with Gasteiger partial charge >= 0.3 is 0 Å². The Balaban J connectivity index is 1.29. The second-order valence-electron chi connectivity index (χ2n) is 14.3. The van der Waals surface area contributed by atoms with Crippen molar-refractivity contribution in [3.8, 4) is 44.5 Å². The van der Waals surface area contributed by atoms with E-state index in [1.54, 1.807) is 0 Å². The minimum Gasteiger partial charge on any atom is -0.454 e. The van der Waals surface area contributed by atoms with E-state index in [1.807, 2.05) is 0 Å². The van der Waals surface area contributed by atoms with E-state index in [9.17, 15) is 31.5 Å². The van der Waals surface area contributed by atoms with Crippen molar-refractivity contribution in [1.82, 2.24) is 0 Å². The van der Waals surface area contributed by atoms with Crippen LogP contribution in [0, 0.1) is 0 Å². The molecule has 1 aromatic heterocycles. The summed E-state index contributed by atoms with van der Waals surface area (Å²) in [6.45, 7) is 0. The van der Waals surface area contributed by atoms with Crippen LogP contribution < -0.4 is 4.90 Å². The van der Waals surface area contributed by atoms with Crippen molar-refractivity contribution in [2.75, 3.05) is 4.90 Å². The fourth-order valence-electron chi connectivity index (χ4n) is 8.02. The molecule has 0 N–H and O–H groups in total. The summed E-state index contributed by atoms with van der Waals surface area (Å²) >= 11 is 0. The maximum absolute atomic E-state index is 10.9. The molecule has 11 aromatic carbocycles. The Morgan fingerprint density at radius 3 is 1.67 bits per heavy atom. The first kappa shape index (κ1) is 14.9. The van der Waals surface area contributed by atoms with E-state index in [0.29, 0.717) is 0 Å². The van der Waals surface area contributed by atoms with Gasteiger partial charge in [-0.3, -0.25) is 0 Å². The maximum Gasteiger partial charge on any atom is 0.159 e. The van der Waals surface area contributed by atoms with Crippen molar-refractivity contribution >= 4 is 49.8 Å². The Kier molecular flexibility index (Phi) is 3.51. The summed E-state index contributed by atoms with van der Waals surface area (Å²) in [6, 6.07) is -53.6. The summed E-state index contributed by atoms with van der Waals surface area (Å²) in [5.41, 5.74) is -23.3. The fraction of sp³-hybridized carbons (Fsp3) is 0.0154. The summed E-state index contributed by atoms with van der Waals surface area (Å²) in [5.74, 6) is 0. The highest BCUT2D eigenvalue weighted by Crippen LogP contribution is 2.57. The standard InChI is InChI=1S/C65H43NO/c1-4-17-44(18-5-1)45-31-33-48(34-32-45)63-53-24-11-10-19-46(53)37-41-54(63)47-35-38-51(39-36-47)66(61-29-16-27-58-57-26-13-15-30-62(57)67-64(58)61)52-40-42-56-55-25-12-14-28-59(55)65(60(56)43-52,49-20-6-2-7-21-49)50-22-8-3-9-23-50/h1-43H/i1D,2D,3D,4D,5D,6D,7D,8D,9D,10D,11D,12D,13D,14D,15D,16D,17D,18D,19D,20D,21D,22D,23D,24D,25D,26D,27D,28D,29D,30D,31D,32D,33D,34D,35D,36D,37D,38D,39D,40D,41D,42D,43D. The second kappa shape index (κ2) is 15.8. The van der Waals surface area contributed by atoms with Crippen LogP contribution in [0.25, 0.3) is 77.2 Å². The van der Waals surface area contributed by atoms with E-state index in [1.165, 1.54) is 0 Å². The topological polar surface area (TPSA) is 16.4 Å². The molecule has 1 heterocycles. The minimum atomic E-state index is -3.63. The van der Waals surface area contributed by atoms with Crippen molar-refractivity contribution in [2.45, 2.75) is 5.41 Å². The zero-order chi connectivity index (χ0) is 81.7. The highest BCUT2D eigenvalue weighted by Gasteiger charge is 2.46. The normalized spacial score (nSPS) is 21.6. The number of fused-ring (bicyclic) bond motifs is 7. The summed E-state index contributed by atoms with van der Waals surface area (Å²) < 4.78 is 409. The van der Waals surface area contributed by atoms with Gasteiger partial charge in [-0.1, -0.05) is 224 Å². The van der Waals surface area contributed by atoms with Crippen molar-refractivity contribution in [1.29, 1.82) is 0 Å².